The summed E-state index contributed by atoms with van der Waals surface area (Å²) in [7, 11) is 8.88. The third kappa shape index (κ3) is 6.77. The summed E-state index contributed by atoms with van der Waals surface area (Å²) in [5.74, 6) is -0.0989. The van der Waals surface area contributed by atoms with Crippen molar-refractivity contribution >= 4 is 34.8 Å². The maximum atomic E-state index is 13.8. The zero-order valence-electron chi connectivity index (χ0n) is 24.8. The highest BCUT2D eigenvalue weighted by Crippen LogP contribution is 2.35. The highest BCUT2D eigenvalue weighted by molar-refractivity contribution is 5.84. The van der Waals surface area contributed by atoms with Crippen LogP contribution < -0.4 is 15.0 Å². The topological polar surface area (TPSA) is 150 Å². The van der Waals surface area contributed by atoms with Crippen LogP contribution in [0.5, 0.6) is 5.75 Å². The molecule has 1 fully saturated rings. The number of carbonyl (C=O) groups excluding carboxylic acids is 3. The standard InChI is InChI=1S/C28H37N7O7/c1-16(36)40-13-21-22(32-27(38)20(33(3)4)12-18-8-10-19(39-7)11-9-18)24(41-17(2)37)28(42-21)35-15-31-23-25(34(5)6)29-14-30-26(23)35/h8-11,14-15,20-22,24,28H,12-13H2,1-7H3,(H,32,38)/t20-,21+,22+,24+,28+/m0/s1. The van der Waals surface area contributed by atoms with Gasteiger partial charge in [0.2, 0.25) is 5.91 Å². The minimum Gasteiger partial charge on any atom is -0.497 e. The lowest BCUT2D eigenvalue weighted by Crippen LogP contribution is -2.55. The first-order valence-electron chi connectivity index (χ1n) is 13.4. The SMILES string of the molecule is COc1ccc(C[C@@H](C(=O)N[C@H]2[C@@H](OC(C)=O)[C@H](n3cnc4c(N(C)C)ncnc43)O[C@@H]2COC(C)=O)N(C)C)cc1. The molecule has 1 N–H and O–H groups in total. The van der Waals surface area contributed by atoms with Gasteiger partial charge < -0.3 is 29.2 Å². The van der Waals surface area contributed by atoms with Gasteiger partial charge in [-0.05, 0) is 38.2 Å². The zero-order valence-corrected chi connectivity index (χ0v) is 24.8. The smallest absolute Gasteiger partial charge is 0.303 e. The molecule has 0 unspecified atom stereocenters. The van der Waals surface area contributed by atoms with Crippen LogP contribution in [0.15, 0.2) is 36.9 Å². The number of nitrogens with one attached hydrogen (secondary N) is 1. The number of likely N-dealkylation sites (N-methyl/N-ethyl adjacent to an activating group) is 1. The Morgan fingerprint density at radius 3 is 2.36 bits per heavy atom. The van der Waals surface area contributed by atoms with E-state index in [1.165, 1.54) is 26.5 Å². The molecule has 5 atom stereocenters. The molecule has 1 aliphatic heterocycles. The number of anilines is 1. The van der Waals surface area contributed by atoms with Crippen molar-refractivity contribution in [2.75, 3.05) is 46.8 Å². The first-order valence-corrected chi connectivity index (χ1v) is 13.4. The molecular formula is C28H37N7O7. The van der Waals surface area contributed by atoms with E-state index in [4.69, 9.17) is 18.9 Å². The molecule has 1 aromatic carbocycles. The van der Waals surface area contributed by atoms with Crippen LogP contribution in [0.25, 0.3) is 11.2 Å². The Bertz CT molecular complexity index is 1410. The number of carbonyl (C=O) groups is 3. The molecule has 14 heteroatoms. The van der Waals surface area contributed by atoms with E-state index in [1.54, 1.807) is 35.6 Å². The first-order chi connectivity index (χ1) is 20.0. The number of nitrogens with zero attached hydrogens (tertiary/aromatic N) is 6. The molecule has 0 bridgehead atoms. The van der Waals surface area contributed by atoms with E-state index in [0.29, 0.717) is 29.2 Å². The second-order valence-electron chi connectivity index (χ2n) is 10.4. The van der Waals surface area contributed by atoms with E-state index in [-0.39, 0.29) is 12.5 Å². The molecule has 1 amide bonds. The molecule has 0 saturated carbocycles. The quantitative estimate of drug-likeness (QED) is 0.320. The Hall–Kier alpha value is -4.30. The third-order valence-electron chi connectivity index (χ3n) is 6.96. The minimum absolute atomic E-state index is 0.176. The summed E-state index contributed by atoms with van der Waals surface area (Å²) in [6.07, 6.45) is 0.557. The molecule has 0 aliphatic carbocycles. The van der Waals surface area contributed by atoms with E-state index in [2.05, 4.69) is 20.3 Å². The van der Waals surface area contributed by atoms with Crippen LogP contribution in [-0.2, 0) is 35.0 Å². The van der Waals surface area contributed by atoms with E-state index < -0.39 is 42.5 Å². The summed E-state index contributed by atoms with van der Waals surface area (Å²) in [4.78, 5) is 54.6. The van der Waals surface area contributed by atoms with Gasteiger partial charge in [-0.1, -0.05) is 12.1 Å². The third-order valence-corrected chi connectivity index (χ3v) is 6.96. The Labute approximate surface area is 243 Å². The molecule has 3 aromatic rings. The molecular weight excluding hydrogens is 546 g/mol. The van der Waals surface area contributed by atoms with E-state index in [9.17, 15) is 14.4 Å². The number of ether oxygens (including phenoxy) is 4. The fourth-order valence-electron chi connectivity index (χ4n) is 4.90. The maximum absolute atomic E-state index is 13.8. The highest BCUT2D eigenvalue weighted by atomic mass is 16.6. The van der Waals surface area contributed by atoms with E-state index in [0.717, 1.165) is 5.56 Å². The first kappa shape index (κ1) is 30.7. The Morgan fingerprint density at radius 2 is 1.76 bits per heavy atom. The van der Waals surface area contributed by atoms with Crippen molar-refractivity contribution in [1.82, 2.24) is 29.7 Å². The van der Waals surface area contributed by atoms with E-state index >= 15 is 0 Å². The maximum Gasteiger partial charge on any atom is 0.303 e. The normalized spacial score (nSPS) is 20.8. The van der Waals surface area contributed by atoms with Crippen LogP contribution in [0.3, 0.4) is 0 Å². The number of imidazole rings is 1. The predicted molar refractivity (Wildman–Crippen MR) is 152 cm³/mol. The van der Waals surface area contributed by atoms with Crippen molar-refractivity contribution < 1.29 is 33.3 Å². The number of benzene rings is 1. The van der Waals surface area contributed by atoms with Gasteiger partial charge in [-0.15, -0.1) is 0 Å². The monoisotopic (exact) mass is 583 g/mol. The van der Waals surface area contributed by atoms with Crippen LogP contribution in [0, 0.1) is 0 Å². The van der Waals surface area contributed by atoms with Crippen LogP contribution >= 0.6 is 0 Å². The molecule has 14 nitrogen and oxygen atoms in total. The van der Waals surface area contributed by atoms with Gasteiger partial charge in [0.05, 0.1) is 19.5 Å². The van der Waals surface area contributed by atoms with Crippen LogP contribution in [0.2, 0.25) is 0 Å². The summed E-state index contributed by atoms with van der Waals surface area (Å²) in [6.45, 7) is 2.38. The molecule has 1 aliphatic rings. The van der Waals surface area contributed by atoms with Gasteiger partial charge in [-0.2, -0.15) is 0 Å². The molecule has 3 heterocycles. The van der Waals surface area contributed by atoms with Gasteiger partial charge in [-0.25, -0.2) is 15.0 Å². The molecule has 4 rings (SSSR count). The van der Waals surface area contributed by atoms with Crippen molar-refractivity contribution in [3.05, 3.63) is 42.5 Å². The Kier molecular flexibility index (Phi) is 9.58. The number of esters is 2. The average Bonchev–Trinajstić information content (AvgIpc) is 3.51. The number of fused-ring (bicyclic) bond motifs is 1. The Morgan fingerprint density at radius 1 is 1.05 bits per heavy atom. The van der Waals surface area contributed by atoms with Crippen molar-refractivity contribution in [3.63, 3.8) is 0 Å². The highest BCUT2D eigenvalue weighted by Gasteiger charge is 2.50. The van der Waals surface area contributed by atoms with Crippen molar-refractivity contribution in [1.29, 1.82) is 0 Å². The fraction of sp³-hybridized carbons (Fsp3) is 0.500. The average molecular weight is 584 g/mol. The number of hydrogen-bond acceptors (Lipinski definition) is 12. The largest absolute Gasteiger partial charge is 0.497 e. The van der Waals surface area contributed by atoms with Gasteiger partial charge in [0.15, 0.2) is 29.3 Å². The van der Waals surface area contributed by atoms with Gasteiger partial charge in [0.25, 0.3) is 0 Å². The molecule has 0 radical (unpaired) electrons. The molecule has 1 saturated heterocycles. The second kappa shape index (κ2) is 13.1. The summed E-state index contributed by atoms with van der Waals surface area (Å²) in [5.41, 5.74) is 1.89. The van der Waals surface area contributed by atoms with Crippen molar-refractivity contribution in [2.24, 2.45) is 0 Å². The molecule has 42 heavy (non-hydrogen) atoms. The summed E-state index contributed by atoms with van der Waals surface area (Å²) in [6, 6.07) is 6.03. The van der Waals surface area contributed by atoms with Gasteiger partial charge in [0.1, 0.15) is 30.8 Å². The Balaban J connectivity index is 1.67. The zero-order chi connectivity index (χ0) is 30.6. The number of hydrogen-bond donors (Lipinski definition) is 1. The lowest BCUT2D eigenvalue weighted by molar-refractivity contribution is -0.153. The van der Waals surface area contributed by atoms with Crippen LogP contribution in [0.1, 0.15) is 25.6 Å². The number of aromatic nitrogens is 4. The van der Waals surface area contributed by atoms with Crippen molar-refractivity contribution in [3.8, 4) is 5.75 Å². The van der Waals surface area contributed by atoms with Crippen LogP contribution in [-0.4, -0.2) is 108 Å². The molecule has 226 valence electrons. The molecule has 0 spiro atoms. The summed E-state index contributed by atoms with van der Waals surface area (Å²) in [5, 5.41) is 3.03. The van der Waals surface area contributed by atoms with E-state index in [1.807, 2.05) is 38.4 Å². The molecule has 2 aromatic heterocycles. The van der Waals surface area contributed by atoms with Crippen molar-refractivity contribution in [2.45, 2.75) is 50.8 Å². The number of methoxy groups -OCH3 is 1. The summed E-state index contributed by atoms with van der Waals surface area (Å²) >= 11 is 0. The number of rotatable bonds is 11. The van der Waals surface area contributed by atoms with Crippen LogP contribution in [0.4, 0.5) is 5.82 Å². The minimum atomic E-state index is -0.994. The van der Waals surface area contributed by atoms with Gasteiger partial charge in [0, 0.05) is 27.9 Å². The lowest BCUT2D eigenvalue weighted by Gasteiger charge is -2.29. The van der Waals surface area contributed by atoms with Gasteiger partial charge in [-0.3, -0.25) is 23.9 Å². The predicted octanol–water partition coefficient (Wildman–Crippen LogP) is 0.951. The van der Waals surface area contributed by atoms with Gasteiger partial charge >= 0.3 is 11.9 Å². The second-order valence-corrected chi connectivity index (χ2v) is 10.4. The number of amides is 1. The lowest BCUT2D eigenvalue weighted by atomic mass is 10.0. The fourth-order valence-corrected chi connectivity index (χ4v) is 4.90. The summed E-state index contributed by atoms with van der Waals surface area (Å²) < 4.78 is 24.2.